The van der Waals surface area contributed by atoms with Gasteiger partial charge in [0.2, 0.25) is 5.91 Å². The molecule has 2 aromatic rings. The van der Waals surface area contributed by atoms with E-state index in [2.05, 4.69) is 6.07 Å². The summed E-state index contributed by atoms with van der Waals surface area (Å²) in [5.74, 6) is 0.100. The van der Waals surface area contributed by atoms with Crippen molar-refractivity contribution in [2.75, 3.05) is 37.3 Å². The van der Waals surface area contributed by atoms with Crippen LogP contribution in [0.2, 0.25) is 0 Å². The van der Waals surface area contributed by atoms with Crippen molar-refractivity contribution in [1.29, 1.82) is 0 Å². The first kappa shape index (κ1) is 21.3. The van der Waals surface area contributed by atoms with E-state index < -0.39 is 14.8 Å². The van der Waals surface area contributed by atoms with E-state index in [1.54, 1.807) is 16.2 Å². The molecule has 1 aromatic heterocycles. The maximum Gasteiger partial charge on any atom is 0.293 e. The Kier molecular flexibility index (Phi) is 6.53. The van der Waals surface area contributed by atoms with Crippen LogP contribution in [0.5, 0.6) is 0 Å². The summed E-state index contributed by atoms with van der Waals surface area (Å²) in [5.41, 5.74) is 0.149. The molecule has 1 aromatic carbocycles. The fourth-order valence-electron chi connectivity index (χ4n) is 3.37. The second-order valence-corrected chi connectivity index (χ2v) is 10.0. The molecule has 0 radical (unpaired) electrons. The van der Waals surface area contributed by atoms with E-state index in [1.807, 2.05) is 16.3 Å². The third-order valence-corrected chi connectivity index (χ3v) is 6.99. The van der Waals surface area contributed by atoms with Crippen molar-refractivity contribution in [1.82, 2.24) is 4.90 Å². The van der Waals surface area contributed by atoms with E-state index in [0.717, 1.165) is 25.2 Å². The van der Waals surface area contributed by atoms with Gasteiger partial charge in [0.15, 0.2) is 9.84 Å². The molecule has 1 amide bonds. The van der Waals surface area contributed by atoms with Gasteiger partial charge in [0, 0.05) is 49.8 Å². The quantitative estimate of drug-likeness (QED) is 0.488. The molecule has 0 atom stereocenters. The number of thiophene rings is 1. The molecule has 0 N–H and O–H groups in total. The lowest BCUT2D eigenvalue weighted by atomic mass is 10.1. The Labute approximate surface area is 173 Å². The highest BCUT2D eigenvalue weighted by atomic mass is 32.2. The van der Waals surface area contributed by atoms with Crippen LogP contribution < -0.4 is 4.90 Å². The van der Waals surface area contributed by atoms with Crippen LogP contribution in [0.15, 0.2) is 40.6 Å². The predicted molar refractivity (Wildman–Crippen MR) is 112 cm³/mol. The minimum absolute atomic E-state index is 0.0764. The molecule has 0 bridgehead atoms. The number of rotatable bonds is 7. The highest BCUT2D eigenvalue weighted by Crippen LogP contribution is 2.31. The van der Waals surface area contributed by atoms with Gasteiger partial charge in [-0.15, -0.1) is 11.3 Å². The van der Waals surface area contributed by atoms with Crippen LogP contribution in [0.1, 0.15) is 17.7 Å². The molecule has 0 spiro atoms. The first-order valence-electron chi connectivity index (χ1n) is 9.29. The third-order valence-electron chi connectivity index (χ3n) is 4.94. The number of benzene rings is 1. The number of nitro benzene ring substituents is 1. The maximum atomic E-state index is 12.4. The Morgan fingerprint density at radius 2 is 1.93 bits per heavy atom. The second-order valence-electron chi connectivity index (χ2n) is 6.98. The summed E-state index contributed by atoms with van der Waals surface area (Å²) in [5, 5.41) is 13.5. The average Bonchev–Trinajstić information content (AvgIpc) is 3.20. The van der Waals surface area contributed by atoms with Crippen molar-refractivity contribution in [2.24, 2.45) is 0 Å². The van der Waals surface area contributed by atoms with Crippen LogP contribution in [-0.4, -0.2) is 56.6 Å². The monoisotopic (exact) mass is 437 g/mol. The summed E-state index contributed by atoms with van der Waals surface area (Å²) in [6, 6.07) is 8.04. The van der Waals surface area contributed by atoms with Gasteiger partial charge in [-0.1, -0.05) is 6.07 Å². The number of hydrogen-bond donors (Lipinski definition) is 0. The Hall–Kier alpha value is -2.46. The summed E-state index contributed by atoms with van der Waals surface area (Å²) < 4.78 is 23.4. The zero-order valence-corrected chi connectivity index (χ0v) is 17.7. The zero-order chi connectivity index (χ0) is 21.0. The minimum Gasteiger partial charge on any atom is -0.362 e. The van der Waals surface area contributed by atoms with Gasteiger partial charge in [-0.05, 0) is 36.4 Å². The van der Waals surface area contributed by atoms with Gasteiger partial charge >= 0.3 is 0 Å². The van der Waals surface area contributed by atoms with E-state index in [4.69, 9.17) is 0 Å². The number of sulfone groups is 1. The molecule has 2 heterocycles. The molecule has 0 unspecified atom stereocenters. The summed E-state index contributed by atoms with van der Waals surface area (Å²) in [6.07, 6.45) is 3.20. The SMILES string of the molecule is CS(=O)(=O)c1ccc(N2CCN(C(=O)CCCc3cccs3)CC2)c([N+](=O)[O-])c1. The number of carbonyl (C=O) groups excluding carboxylic acids is 1. The number of hydrogen-bond acceptors (Lipinski definition) is 7. The molecule has 3 rings (SSSR count). The number of nitro groups is 1. The van der Waals surface area contributed by atoms with Gasteiger partial charge in [-0.2, -0.15) is 0 Å². The number of aryl methyl sites for hydroxylation is 1. The van der Waals surface area contributed by atoms with E-state index in [9.17, 15) is 23.3 Å². The molecule has 1 fully saturated rings. The molecule has 29 heavy (non-hydrogen) atoms. The smallest absolute Gasteiger partial charge is 0.293 e. The molecule has 0 saturated carbocycles. The number of anilines is 1. The van der Waals surface area contributed by atoms with Crippen LogP contribution in [0.3, 0.4) is 0 Å². The fourth-order valence-corrected chi connectivity index (χ4v) is 4.76. The van der Waals surface area contributed by atoms with Gasteiger partial charge in [0.1, 0.15) is 5.69 Å². The summed E-state index contributed by atoms with van der Waals surface area (Å²) in [6.45, 7) is 1.91. The number of nitrogens with zero attached hydrogens (tertiary/aromatic N) is 3. The molecular weight excluding hydrogens is 414 g/mol. The second kappa shape index (κ2) is 8.91. The average molecular weight is 438 g/mol. The lowest BCUT2D eigenvalue weighted by Gasteiger charge is -2.36. The van der Waals surface area contributed by atoms with Crippen molar-refractivity contribution in [2.45, 2.75) is 24.2 Å². The van der Waals surface area contributed by atoms with Crippen LogP contribution in [0, 0.1) is 10.1 Å². The summed E-state index contributed by atoms with van der Waals surface area (Å²) in [4.78, 5) is 28.1. The lowest BCUT2D eigenvalue weighted by molar-refractivity contribution is -0.384. The van der Waals surface area contributed by atoms with Crippen LogP contribution in [-0.2, 0) is 21.1 Å². The van der Waals surface area contributed by atoms with Crippen molar-refractivity contribution >= 4 is 38.5 Å². The first-order chi connectivity index (χ1) is 13.8. The number of carbonyl (C=O) groups is 1. The summed E-state index contributed by atoms with van der Waals surface area (Å²) >= 11 is 1.69. The molecule has 0 aliphatic carbocycles. The fraction of sp³-hybridized carbons (Fsp3) is 0.421. The Morgan fingerprint density at radius 1 is 1.21 bits per heavy atom. The standard InChI is InChI=1S/C19H23N3O5S2/c1-29(26,27)16-7-8-17(18(14-16)22(24)25)20-9-11-21(12-10-20)19(23)6-2-4-15-5-3-13-28-15/h3,5,7-8,13-14H,2,4,6,9-12H2,1H3. The van der Waals surface area contributed by atoms with E-state index in [1.165, 1.54) is 17.0 Å². The Bertz CT molecular complexity index is 981. The highest BCUT2D eigenvalue weighted by molar-refractivity contribution is 7.90. The molecule has 1 aliphatic heterocycles. The molecule has 156 valence electrons. The summed E-state index contributed by atoms with van der Waals surface area (Å²) in [7, 11) is -3.53. The van der Waals surface area contributed by atoms with E-state index >= 15 is 0 Å². The Balaban J connectivity index is 1.60. The van der Waals surface area contributed by atoms with Crippen molar-refractivity contribution < 1.29 is 18.1 Å². The van der Waals surface area contributed by atoms with E-state index in [-0.39, 0.29) is 16.5 Å². The molecular formula is C19H23N3O5S2. The van der Waals surface area contributed by atoms with Crippen LogP contribution in [0.4, 0.5) is 11.4 Å². The largest absolute Gasteiger partial charge is 0.362 e. The zero-order valence-electron chi connectivity index (χ0n) is 16.1. The van der Waals surface area contributed by atoms with Crippen molar-refractivity contribution in [3.63, 3.8) is 0 Å². The third kappa shape index (κ3) is 5.33. The Morgan fingerprint density at radius 3 is 2.52 bits per heavy atom. The van der Waals surface area contributed by atoms with Crippen molar-refractivity contribution in [3.8, 4) is 0 Å². The highest BCUT2D eigenvalue weighted by Gasteiger charge is 2.27. The normalized spacial score (nSPS) is 14.8. The topological polar surface area (TPSA) is 101 Å². The number of piperazine rings is 1. The van der Waals surface area contributed by atoms with Crippen LogP contribution in [0.25, 0.3) is 0 Å². The molecule has 1 saturated heterocycles. The minimum atomic E-state index is -3.53. The van der Waals surface area contributed by atoms with Gasteiger partial charge < -0.3 is 9.80 Å². The molecule has 1 aliphatic rings. The predicted octanol–water partition coefficient (Wildman–Crippen LogP) is 2.73. The van der Waals surface area contributed by atoms with Crippen molar-refractivity contribution in [3.05, 3.63) is 50.7 Å². The van der Waals surface area contributed by atoms with Gasteiger partial charge in [-0.3, -0.25) is 14.9 Å². The molecule has 8 nitrogen and oxygen atoms in total. The lowest BCUT2D eigenvalue weighted by Crippen LogP contribution is -2.48. The molecule has 10 heteroatoms. The van der Waals surface area contributed by atoms with Gasteiger partial charge in [0.05, 0.1) is 9.82 Å². The van der Waals surface area contributed by atoms with E-state index in [0.29, 0.717) is 38.3 Å². The first-order valence-corrected chi connectivity index (χ1v) is 12.1. The van der Waals surface area contributed by atoms with Gasteiger partial charge in [0.25, 0.3) is 5.69 Å². The maximum absolute atomic E-state index is 12.4. The van der Waals surface area contributed by atoms with Gasteiger partial charge in [-0.25, -0.2) is 8.42 Å². The van der Waals surface area contributed by atoms with Crippen LogP contribution >= 0.6 is 11.3 Å². The number of amides is 1.